The first-order valence-corrected chi connectivity index (χ1v) is 13.1. The molecule has 3 aromatic rings. The number of hydrogen-bond acceptors (Lipinski definition) is 6. The van der Waals surface area contributed by atoms with E-state index in [1.54, 1.807) is 14.0 Å². The van der Waals surface area contributed by atoms with E-state index < -0.39 is 0 Å². The molecule has 0 radical (unpaired) electrons. The van der Waals surface area contributed by atoms with E-state index in [9.17, 15) is 9.59 Å². The van der Waals surface area contributed by atoms with Crippen LogP contribution >= 0.6 is 0 Å². The molecule has 0 aliphatic carbocycles. The molecule has 2 aromatic carbocycles. The number of anilines is 3. The van der Waals surface area contributed by atoms with Gasteiger partial charge >= 0.3 is 0 Å². The van der Waals surface area contributed by atoms with Gasteiger partial charge in [-0.25, -0.2) is 0 Å². The Bertz CT molecular complexity index is 1510. The van der Waals surface area contributed by atoms with Crippen LogP contribution in [0.2, 0.25) is 0 Å². The van der Waals surface area contributed by atoms with Gasteiger partial charge in [0.15, 0.2) is 0 Å². The number of para-hydroxylation sites is 1. The standard InChI is InChI=1S/C31H36N6O3/c1-7-31(39)34-26-18-27(30(40-6)19-29(26)37-15-13-36(14-16-37)22(4)38)33-21(3)17-25(32-8-2)24-20-35(5)28-12-10-9-11-23(24)28/h7-12,17-20,33H,1-2,13-16H2,3-6H3,(H,34,39)/b21-17+,32-25?. The molecule has 1 aromatic heterocycles. The van der Waals surface area contributed by atoms with Gasteiger partial charge in [0.25, 0.3) is 0 Å². The molecule has 0 atom stereocenters. The van der Waals surface area contributed by atoms with Crippen molar-refractivity contribution in [1.82, 2.24) is 9.47 Å². The molecule has 0 bridgehead atoms. The molecule has 1 aliphatic heterocycles. The number of benzene rings is 2. The van der Waals surface area contributed by atoms with Gasteiger partial charge in [-0.05, 0) is 31.2 Å². The lowest BCUT2D eigenvalue weighted by Gasteiger charge is -2.36. The average Bonchev–Trinajstić information content (AvgIpc) is 3.29. The van der Waals surface area contributed by atoms with Gasteiger partial charge in [0.05, 0.1) is 29.9 Å². The summed E-state index contributed by atoms with van der Waals surface area (Å²) in [7, 11) is 3.62. The van der Waals surface area contributed by atoms with Gasteiger partial charge in [-0.15, -0.1) is 0 Å². The van der Waals surface area contributed by atoms with Crippen molar-refractivity contribution >= 4 is 45.5 Å². The zero-order valence-electron chi connectivity index (χ0n) is 23.5. The van der Waals surface area contributed by atoms with Crippen LogP contribution < -0.4 is 20.3 Å². The number of nitrogens with zero attached hydrogens (tertiary/aromatic N) is 4. The van der Waals surface area contributed by atoms with Crippen LogP contribution in [-0.2, 0) is 16.6 Å². The highest BCUT2D eigenvalue weighted by Crippen LogP contribution is 2.38. The summed E-state index contributed by atoms with van der Waals surface area (Å²) in [4.78, 5) is 32.7. The highest BCUT2D eigenvalue weighted by atomic mass is 16.5. The van der Waals surface area contributed by atoms with Crippen LogP contribution in [0.1, 0.15) is 19.4 Å². The average molecular weight is 541 g/mol. The minimum atomic E-state index is -0.316. The number of nitrogens with one attached hydrogen (secondary N) is 2. The van der Waals surface area contributed by atoms with Crippen molar-refractivity contribution in [3.63, 3.8) is 0 Å². The Morgan fingerprint density at radius 2 is 1.75 bits per heavy atom. The molecule has 0 spiro atoms. The third kappa shape index (κ3) is 6.09. The number of aryl methyl sites for hydroxylation is 1. The van der Waals surface area contributed by atoms with Crippen LogP contribution in [0, 0.1) is 0 Å². The predicted octanol–water partition coefficient (Wildman–Crippen LogP) is 4.93. The number of amides is 2. The molecule has 9 heteroatoms. The maximum Gasteiger partial charge on any atom is 0.247 e. The number of allylic oxidation sites excluding steroid dienone is 2. The predicted molar refractivity (Wildman–Crippen MR) is 163 cm³/mol. The van der Waals surface area contributed by atoms with E-state index in [1.165, 1.54) is 12.3 Å². The molecule has 40 heavy (non-hydrogen) atoms. The van der Waals surface area contributed by atoms with Gasteiger partial charge < -0.3 is 29.7 Å². The Balaban J connectivity index is 1.69. The molecular weight excluding hydrogens is 504 g/mol. The molecule has 0 unspecified atom stereocenters. The summed E-state index contributed by atoms with van der Waals surface area (Å²) >= 11 is 0. The summed E-state index contributed by atoms with van der Waals surface area (Å²) < 4.78 is 7.83. The van der Waals surface area contributed by atoms with Gasteiger partial charge in [-0.3, -0.25) is 14.6 Å². The van der Waals surface area contributed by atoms with Crippen molar-refractivity contribution in [2.45, 2.75) is 13.8 Å². The van der Waals surface area contributed by atoms with Gasteiger partial charge in [-0.1, -0.05) is 31.4 Å². The fourth-order valence-corrected chi connectivity index (χ4v) is 4.93. The Morgan fingerprint density at radius 1 is 1.02 bits per heavy atom. The number of aromatic nitrogens is 1. The maximum absolute atomic E-state index is 12.3. The fourth-order valence-electron chi connectivity index (χ4n) is 4.93. The molecule has 1 aliphatic rings. The molecule has 2 heterocycles. The molecule has 1 saturated heterocycles. The minimum absolute atomic E-state index is 0.0575. The molecule has 4 rings (SSSR count). The van der Waals surface area contributed by atoms with E-state index in [0.717, 1.165) is 33.6 Å². The number of methoxy groups -OCH3 is 1. The Morgan fingerprint density at radius 3 is 2.40 bits per heavy atom. The molecule has 208 valence electrons. The maximum atomic E-state index is 12.3. The first-order valence-electron chi connectivity index (χ1n) is 13.1. The van der Waals surface area contributed by atoms with Gasteiger partial charge in [0.2, 0.25) is 11.8 Å². The van der Waals surface area contributed by atoms with E-state index in [2.05, 4.69) is 56.6 Å². The number of rotatable bonds is 9. The zero-order valence-corrected chi connectivity index (χ0v) is 23.5. The third-order valence-corrected chi connectivity index (χ3v) is 6.92. The van der Waals surface area contributed by atoms with E-state index >= 15 is 0 Å². The molecule has 9 nitrogen and oxygen atoms in total. The number of carbonyl (C=O) groups excluding carboxylic acids is 2. The number of ether oxygens (including phenoxy) is 1. The molecule has 2 amide bonds. The smallest absolute Gasteiger partial charge is 0.247 e. The number of aliphatic imine (C=N–C) groups is 1. The van der Waals surface area contributed by atoms with Crippen LogP contribution in [0.4, 0.5) is 17.1 Å². The second-order valence-electron chi connectivity index (χ2n) is 9.58. The number of carbonyl (C=O) groups is 2. The number of hydrogen-bond donors (Lipinski definition) is 2. The summed E-state index contributed by atoms with van der Waals surface area (Å²) in [5.74, 6) is 0.353. The Labute approximate surface area is 235 Å². The first kappa shape index (κ1) is 28.2. The molecular formula is C31H36N6O3. The van der Waals surface area contributed by atoms with E-state index in [4.69, 9.17) is 4.74 Å². The van der Waals surface area contributed by atoms with E-state index in [0.29, 0.717) is 43.3 Å². The normalized spacial score (nSPS) is 14.2. The quantitative estimate of drug-likeness (QED) is 0.297. The lowest BCUT2D eigenvalue weighted by molar-refractivity contribution is -0.129. The van der Waals surface area contributed by atoms with Gasteiger partial charge in [-0.2, -0.15) is 0 Å². The monoisotopic (exact) mass is 540 g/mol. The van der Waals surface area contributed by atoms with Crippen molar-refractivity contribution in [2.24, 2.45) is 12.0 Å². The molecule has 2 N–H and O–H groups in total. The summed E-state index contributed by atoms with van der Waals surface area (Å²) in [5.41, 5.74) is 5.78. The number of fused-ring (bicyclic) bond motifs is 1. The molecule has 0 saturated carbocycles. The van der Waals surface area contributed by atoms with Crippen molar-refractivity contribution in [3.05, 3.63) is 85.4 Å². The largest absolute Gasteiger partial charge is 0.494 e. The highest BCUT2D eigenvalue weighted by molar-refractivity contribution is 6.17. The van der Waals surface area contributed by atoms with E-state index in [1.807, 2.05) is 49.2 Å². The minimum Gasteiger partial charge on any atom is -0.494 e. The van der Waals surface area contributed by atoms with Crippen LogP contribution in [0.3, 0.4) is 0 Å². The van der Waals surface area contributed by atoms with Crippen molar-refractivity contribution in [1.29, 1.82) is 0 Å². The summed E-state index contributed by atoms with van der Waals surface area (Å²) in [6.45, 7) is 13.4. The van der Waals surface area contributed by atoms with Gasteiger partial charge in [0.1, 0.15) is 5.75 Å². The van der Waals surface area contributed by atoms with Crippen molar-refractivity contribution < 1.29 is 14.3 Å². The van der Waals surface area contributed by atoms with Crippen LogP contribution in [-0.4, -0.2) is 60.3 Å². The lowest BCUT2D eigenvalue weighted by atomic mass is 10.1. The van der Waals surface area contributed by atoms with Crippen LogP contribution in [0.5, 0.6) is 5.75 Å². The fraction of sp³-hybridized carbons (Fsp3) is 0.258. The third-order valence-electron chi connectivity index (χ3n) is 6.92. The highest BCUT2D eigenvalue weighted by Gasteiger charge is 2.23. The SMILES string of the molecule is C=CN=C(/C=C(\C)Nc1cc(NC(=O)C=C)c(N2CCN(C(C)=O)CC2)cc1OC)c1cn(C)c2ccccc12. The second-order valence-corrected chi connectivity index (χ2v) is 9.58. The summed E-state index contributed by atoms with van der Waals surface area (Å²) in [6.07, 6.45) is 6.79. The van der Waals surface area contributed by atoms with Gasteiger partial charge in [0, 0.05) is 80.8 Å². The zero-order chi connectivity index (χ0) is 28.8. The van der Waals surface area contributed by atoms with E-state index in [-0.39, 0.29) is 11.8 Å². The van der Waals surface area contributed by atoms with Crippen LogP contribution in [0.25, 0.3) is 10.9 Å². The van der Waals surface area contributed by atoms with Crippen molar-refractivity contribution in [2.75, 3.05) is 48.8 Å². The van der Waals surface area contributed by atoms with Crippen LogP contribution in [0.15, 0.2) is 84.8 Å². The topological polar surface area (TPSA) is 91.2 Å². The molecule has 1 fully saturated rings. The number of piperazine rings is 1. The Kier molecular flexibility index (Phi) is 8.73. The second kappa shape index (κ2) is 12.4. The summed E-state index contributed by atoms with van der Waals surface area (Å²) in [6, 6.07) is 11.9. The lowest BCUT2D eigenvalue weighted by Crippen LogP contribution is -2.48. The first-order chi connectivity index (χ1) is 19.2. The summed E-state index contributed by atoms with van der Waals surface area (Å²) in [5, 5.41) is 7.45. The Hall–Kier alpha value is -4.79. The van der Waals surface area contributed by atoms with Crippen molar-refractivity contribution in [3.8, 4) is 5.75 Å².